The van der Waals surface area contributed by atoms with E-state index in [1.807, 2.05) is 29.7 Å². The van der Waals surface area contributed by atoms with Crippen molar-refractivity contribution in [3.05, 3.63) is 17.5 Å². The number of urea groups is 1. The number of likely N-dealkylation sites (tertiary alicyclic amines) is 1. The van der Waals surface area contributed by atoms with Gasteiger partial charge in [0, 0.05) is 70.2 Å². The molecule has 0 bridgehead atoms. The molecule has 1 atom stereocenters. The van der Waals surface area contributed by atoms with Gasteiger partial charge < -0.3 is 15.1 Å². The molecule has 2 aliphatic rings. The van der Waals surface area contributed by atoms with E-state index in [0.29, 0.717) is 18.5 Å². The quantitative estimate of drug-likeness (QED) is 0.877. The van der Waals surface area contributed by atoms with Crippen LogP contribution in [0.15, 0.2) is 6.20 Å². The smallest absolute Gasteiger partial charge is 0.317 e. The van der Waals surface area contributed by atoms with E-state index in [2.05, 4.69) is 34.2 Å². The Balaban J connectivity index is 1.42. The maximum absolute atomic E-state index is 12.5. The van der Waals surface area contributed by atoms with Crippen molar-refractivity contribution in [1.29, 1.82) is 0 Å². The number of carbonyl (C=O) groups excluding carboxylic acids is 1. The molecule has 1 N–H and O–H groups in total. The normalized spacial score (nSPS) is 21.8. The second kappa shape index (κ2) is 8.39. The highest BCUT2D eigenvalue weighted by molar-refractivity contribution is 5.74. The molecule has 2 amide bonds. The highest BCUT2D eigenvalue weighted by atomic mass is 16.2. The summed E-state index contributed by atoms with van der Waals surface area (Å²) in [6.07, 6.45) is 4.04. The summed E-state index contributed by atoms with van der Waals surface area (Å²) in [5.41, 5.74) is 2.18. The summed E-state index contributed by atoms with van der Waals surface area (Å²) >= 11 is 0. The first-order valence-electron chi connectivity index (χ1n) is 9.88. The molecule has 7 heteroatoms. The maximum atomic E-state index is 12.5. The zero-order chi connectivity index (χ0) is 18.7. The van der Waals surface area contributed by atoms with E-state index in [0.717, 1.165) is 37.2 Å². The van der Waals surface area contributed by atoms with Crippen LogP contribution in [-0.2, 0) is 13.6 Å². The lowest BCUT2D eigenvalue weighted by atomic mass is 9.89. The molecule has 0 spiro atoms. The fraction of sp³-hybridized carbons (Fsp3) is 0.789. The Morgan fingerprint density at radius 3 is 2.42 bits per heavy atom. The van der Waals surface area contributed by atoms with E-state index < -0.39 is 0 Å². The van der Waals surface area contributed by atoms with Gasteiger partial charge in [-0.2, -0.15) is 5.10 Å². The average Bonchev–Trinajstić information content (AvgIpc) is 2.98. The number of amides is 2. The molecular formula is C19H34N6O. The molecule has 26 heavy (non-hydrogen) atoms. The van der Waals surface area contributed by atoms with E-state index in [9.17, 15) is 4.79 Å². The van der Waals surface area contributed by atoms with Gasteiger partial charge in [-0.3, -0.25) is 9.58 Å². The van der Waals surface area contributed by atoms with Crippen molar-refractivity contribution < 1.29 is 4.79 Å². The number of rotatable bonds is 4. The lowest BCUT2D eigenvalue weighted by Gasteiger charge is -2.42. The van der Waals surface area contributed by atoms with E-state index in [-0.39, 0.29) is 6.03 Å². The van der Waals surface area contributed by atoms with Crippen LogP contribution in [0.2, 0.25) is 0 Å². The van der Waals surface area contributed by atoms with E-state index in [1.54, 1.807) is 0 Å². The number of piperazine rings is 1. The summed E-state index contributed by atoms with van der Waals surface area (Å²) in [4.78, 5) is 19.5. The molecule has 1 aromatic rings. The monoisotopic (exact) mass is 362 g/mol. The van der Waals surface area contributed by atoms with E-state index >= 15 is 0 Å². The van der Waals surface area contributed by atoms with Crippen LogP contribution < -0.4 is 5.32 Å². The largest absolute Gasteiger partial charge is 0.334 e. The number of piperidine rings is 1. The Kier molecular flexibility index (Phi) is 6.19. The second-order valence-electron chi connectivity index (χ2n) is 7.94. The molecule has 3 rings (SSSR count). The number of aromatic nitrogens is 2. The highest BCUT2D eigenvalue weighted by Crippen LogP contribution is 2.24. The maximum Gasteiger partial charge on any atom is 0.317 e. The van der Waals surface area contributed by atoms with Crippen LogP contribution >= 0.6 is 0 Å². The minimum Gasteiger partial charge on any atom is -0.334 e. The minimum atomic E-state index is 0.0546. The molecule has 2 saturated heterocycles. The van der Waals surface area contributed by atoms with Gasteiger partial charge >= 0.3 is 6.03 Å². The van der Waals surface area contributed by atoms with Gasteiger partial charge in [0.05, 0.1) is 6.20 Å². The van der Waals surface area contributed by atoms with Gasteiger partial charge in [0.2, 0.25) is 0 Å². The third-order valence-corrected chi connectivity index (χ3v) is 6.39. The summed E-state index contributed by atoms with van der Waals surface area (Å²) in [7, 11) is 4.12. The Bertz CT molecular complexity index is 599. The molecule has 0 aromatic carbocycles. The van der Waals surface area contributed by atoms with Crippen molar-refractivity contribution in [1.82, 2.24) is 29.8 Å². The Morgan fingerprint density at radius 2 is 1.85 bits per heavy atom. The standard InChI is InChI=1S/C19H34N6O/c1-15-18(14-21-23(15)4)13-20-19(26)25-7-5-17(6-8-25)16(2)24-11-9-22(3)10-12-24/h14,16-17H,5-13H2,1-4H3,(H,20,26). The summed E-state index contributed by atoms with van der Waals surface area (Å²) in [5.74, 6) is 0.697. The molecule has 3 heterocycles. The first kappa shape index (κ1) is 19.2. The Labute approximate surface area is 157 Å². The molecule has 2 fully saturated rings. The number of nitrogens with zero attached hydrogens (tertiary/aromatic N) is 5. The molecule has 2 aliphatic heterocycles. The van der Waals surface area contributed by atoms with Gasteiger partial charge in [-0.15, -0.1) is 0 Å². The van der Waals surface area contributed by atoms with Gasteiger partial charge in [-0.1, -0.05) is 0 Å². The number of aryl methyl sites for hydroxylation is 1. The lowest BCUT2D eigenvalue weighted by Crippen LogP contribution is -2.52. The van der Waals surface area contributed by atoms with Crippen LogP contribution in [0.3, 0.4) is 0 Å². The predicted molar refractivity (Wildman–Crippen MR) is 103 cm³/mol. The third kappa shape index (κ3) is 4.38. The zero-order valence-corrected chi connectivity index (χ0v) is 16.7. The summed E-state index contributed by atoms with van der Waals surface area (Å²) in [6.45, 7) is 11.3. The van der Waals surface area contributed by atoms with Gasteiger partial charge in [0.25, 0.3) is 0 Å². The number of likely N-dealkylation sites (N-methyl/N-ethyl adjacent to an activating group) is 1. The first-order chi connectivity index (χ1) is 12.5. The third-order valence-electron chi connectivity index (χ3n) is 6.39. The number of hydrogen-bond acceptors (Lipinski definition) is 4. The van der Waals surface area contributed by atoms with Crippen LogP contribution in [0.4, 0.5) is 4.79 Å². The molecule has 146 valence electrons. The lowest BCUT2D eigenvalue weighted by molar-refractivity contribution is 0.0664. The van der Waals surface area contributed by atoms with E-state index in [1.165, 1.54) is 26.2 Å². The first-order valence-corrected chi connectivity index (χ1v) is 9.88. The van der Waals surface area contributed by atoms with Gasteiger partial charge in [-0.05, 0) is 39.7 Å². The van der Waals surface area contributed by atoms with Crippen LogP contribution in [0.25, 0.3) is 0 Å². The van der Waals surface area contributed by atoms with Crippen molar-refractivity contribution in [3.8, 4) is 0 Å². The van der Waals surface area contributed by atoms with Crippen LogP contribution in [0.5, 0.6) is 0 Å². The molecule has 0 saturated carbocycles. The van der Waals surface area contributed by atoms with Crippen LogP contribution in [0.1, 0.15) is 31.0 Å². The van der Waals surface area contributed by atoms with Gasteiger partial charge in [0.1, 0.15) is 0 Å². The van der Waals surface area contributed by atoms with Crippen molar-refractivity contribution in [3.63, 3.8) is 0 Å². The number of carbonyl (C=O) groups is 1. The van der Waals surface area contributed by atoms with Crippen molar-refractivity contribution >= 4 is 6.03 Å². The summed E-state index contributed by atoms with van der Waals surface area (Å²) in [5, 5.41) is 7.28. The summed E-state index contributed by atoms with van der Waals surface area (Å²) in [6, 6.07) is 0.672. The molecular weight excluding hydrogens is 328 g/mol. The zero-order valence-electron chi connectivity index (χ0n) is 16.7. The van der Waals surface area contributed by atoms with Crippen molar-refractivity contribution in [2.75, 3.05) is 46.3 Å². The number of hydrogen-bond donors (Lipinski definition) is 1. The average molecular weight is 363 g/mol. The van der Waals surface area contributed by atoms with Crippen LogP contribution in [-0.4, -0.2) is 82.9 Å². The van der Waals surface area contributed by atoms with Gasteiger partial charge in [0.15, 0.2) is 0 Å². The van der Waals surface area contributed by atoms with Crippen LogP contribution in [0, 0.1) is 12.8 Å². The van der Waals surface area contributed by atoms with Crippen molar-refractivity contribution in [2.45, 2.75) is 39.3 Å². The van der Waals surface area contributed by atoms with Gasteiger partial charge in [-0.25, -0.2) is 4.79 Å². The molecule has 0 radical (unpaired) electrons. The fourth-order valence-electron chi connectivity index (χ4n) is 4.11. The highest BCUT2D eigenvalue weighted by Gasteiger charge is 2.30. The van der Waals surface area contributed by atoms with E-state index in [4.69, 9.17) is 0 Å². The Morgan fingerprint density at radius 1 is 1.19 bits per heavy atom. The summed E-state index contributed by atoms with van der Waals surface area (Å²) < 4.78 is 1.84. The number of nitrogens with one attached hydrogen (secondary N) is 1. The molecule has 0 aliphatic carbocycles. The minimum absolute atomic E-state index is 0.0546. The Hall–Kier alpha value is -1.60. The molecule has 7 nitrogen and oxygen atoms in total. The predicted octanol–water partition coefficient (Wildman–Crippen LogP) is 1.29. The molecule has 1 aromatic heterocycles. The fourth-order valence-corrected chi connectivity index (χ4v) is 4.11. The SMILES string of the molecule is Cc1c(CNC(=O)N2CCC(C(C)N3CCN(C)CC3)CC2)cnn1C. The molecule has 1 unspecified atom stereocenters. The van der Waals surface area contributed by atoms with Crippen molar-refractivity contribution in [2.24, 2.45) is 13.0 Å². The second-order valence-corrected chi connectivity index (χ2v) is 7.94. The topological polar surface area (TPSA) is 56.6 Å².